The molecule has 0 fully saturated rings. The molecule has 0 aliphatic rings. The highest BCUT2D eigenvalue weighted by Gasteiger charge is 1.97. The van der Waals surface area contributed by atoms with E-state index >= 15 is 0 Å². The van der Waals surface area contributed by atoms with Gasteiger partial charge in [-0.25, -0.2) is 0 Å². The predicted molar refractivity (Wildman–Crippen MR) is 39.9 cm³/mol. The van der Waals surface area contributed by atoms with Gasteiger partial charge in [0, 0.05) is 6.54 Å². The normalized spacial score (nSPS) is 9.50. The van der Waals surface area contributed by atoms with E-state index in [1.165, 1.54) is 12.1 Å². The summed E-state index contributed by atoms with van der Waals surface area (Å²) in [6.45, 7) is 0.369. The molecule has 0 radical (unpaired) electrons. The van der Waals surface area contributed by atoms with Gasteiger partial charge in [0.15, 0.2) is 11.5 Å². The second-order valence-electron chi connectivity index (χ2n) is 2.23. The minimum Gasteiger partial charge on any atom is -0.504 e. The Morgan fingerprint density at radius 2 is 1.71 bits per heavy atom. The van der Waals surface area contributed by atoms with Crippen LogP contribution in [0.15, 0.2) is 18.2 Å². The second kappa shape index (κ2) is 6.57. The summed E-state index contributed by atoms with van der Waals surface area (Å²) in [4.78, 5) is 0. The third-order valence-electron chi connectivity index (χ3n) is 1.28. The van der Waals surface area contributed by atoms with Crippen molar-refractivity contribution < 1.29 is 37.6 Å². The molecule has 14 heavy (non-hydrogen) atoms. The number of hydrogen-bond acceptors (Lipinski definition) is 6. The number of phenols is 2. The van der Waals surface area contributed by atoms with Crippen LogP contribution in [0.5, 0.6) is 11.5 Å². The van der Waals surface area contributed by atoms with E-state index in [1.54, 1.807) is 6.07 Å². The van der Waals surface area contributed by atoms with Crippen LogP contribution in [-0.4, -0.2) is 14.4 Å². The van der Waals surface area contributed by atoms with E-state index in [-0.39, 0.29) is 11.5 Å². The molecule has 5 N–H and O–H groups in total. The van der Waals surface area contributed by atoms with Gasteiger partial charge in [0.25, 0.3) is 0 Å². The highest BCUT2D eigenvalue weighted by atomic mass is 80.0. The highest BCUT2D eigenvalue weighted by Crippen LogP contribution is 2.24. The van der Waals surface area contributed by atoms with Crippen LogP contribution in [0.2, 0.25) is 0 Å². The van der Waals surface area contributed by atoms with Crippen LogP contribution in [0.1, 0.15) is 5.56 Å². The van der Waals surface area contributed by atoms with E-state index in [0.29, 0.717) is 6.54 Å². The van der Waals surface area contributed by atoms with Crippen LogP contribution in [-0.2, 0) is 6.54 Å². The third-order valence-corrected chi connectivity index (χ3v) is 1.28. The highest BCUT2D eigenvalue weighted by molar-refractivity contribution is 5.40. The van der Waals surface area contributed by atoms with Gasteiger partial charge >= 0.3 is 14.8 Å². The largest absolute Gasteiger partial charge is 0.504 e. The van der Waals surface area contributed by atoms with Crippen molar-refractivity contribution in [1.29, 1.82) is 0 Å². The van der Waals surface area contributed by atoms with Gasteiger partial charge in [0.1, 0.15) is 0 Å². The van der Waals surface area contributed by atoms with E-state index in [4.69, 9.17) is 28.5 Å². The molecule has 0 aromatic heterocycles. The van der Waals surface area contributed by atoms with Crippen molar-refractivity contribution >= 4 is 0 Å². The van der Waals surface area contributed by atoms with E-state index in [9.17, 15) is 0 Å². The van der Waals surface area contributed by atoms with Crippen LogP contribution in [0.25, 0.3) is 0 Å². The molecule has 0 saturated heterocycles. The summed E-state index contributed by atoms with van der Waals surface area (Å²) in [5, 5.41) is 17.8. The van der Waals surface area contributed by atoms with Gasteiger partial charge in [-0.2, -0.15) is 0 Å². The van der Waals surface area contributed by atoms with Crippen molar-refractivity contribution in [3.63, 3.8) is 0 Å². The average Bonchev–Trinajstić information content (AvgIpc) is 2.09. The molecule has 6 nitrogen and oxygen atoms in total. The fourth-order valence-electron chi connectivity index (χ4n) is 0.696. The van der Waals surface area contributed by atoms with Crippen LogP contribution < -0.4 is 14.1 Å². The van der Waals surface area contributed by atoms with Gasteiger partial charge in [0.2, 0.25) is 0 Å². The summed E-state index contributed by atoms with van der Waals surface area (Å²) < 4.78 is 24.3. The lowest BCUT2D eigenvalue weighted by Gasteiger charge is -1.98. The predicted octanol–water partition coefficient (Wildman–Crippen LogP) is -2.38. The minimum absolute atomic E-state index is 0.114. The Bertz CT molecular complexity index is 278. The van der Waals surface area contributed by atoms with Crippen molar-refractivity contribution in [3.8, 4) is 11.5 Å². The summed E-state index contributed by atoms with van der Waals surface area (Å²) >= 11 is -3.40. The Kier molecular flexibility index (Phi) is 6.17. The molecule has 7 heteroatoms. The number of benzene rings is 1. The zero-order valence-corrected chi connectivity index (χ0v) is 8.64. The Hall–Kier alpha value is -0.860. The maximum Gasteiger partial charge on any atom is 0.433 e. The maximum absolute atomic E-state index is 8.93. The molecule has 0 aliphatic heterocycles. The first-order valence-corrected chi connectivity index (χ1v) is 5.43. The fraction of sp³-hybridized carbons (Fsp3) is 0.143. The monoisotopic (exact) mass is 267 g/mol. The topological polar surface area (TPSA) is 133 Å². The smallest absolute Gasteiger partial charge is 0.433 e. The molecule has 0 aliphatic carbocycles. The van der Waals surface area contributed by atoms with Gasteiger partial charge < -0.3 is 24.3 Å². The second-order valence-corrected chi connectivity index (χ2v) is 3.07. The molecule has 0 unspecified atom stereocenters. The molecule has 0 atom stereocenters. The molecule has 0 heterocycles. The molecule has 1 aromatic rings. The zero-order chi connectivity index (χ0) is 11.1. The zero-order valence-electron chi connectivity index (χ0n) is 7.05. The fourth-order valence-corrected chi connectivity index (χ4v) is 0.696. The Morgan fingerprint density at radius 3 is 2.07 bits per heavy atom. The standard InChI is InChI=1S/C7H9NO2.BrHO3/c8-4-5-1-2-6(9)7(10)3-5;2-1(3)4/h1-3,9-10H,4,8H2;2H. The first kappa shape index (κ1) is 13.1. The van der Waals surface area contributed by atoms with E-state index in [0.717, 1.165) is 5.56 Å². The van der Waals surface area contributed by atoms with Crippen molar-refractivity contribution in [2.75, 3.05) is 0 Å². The van der Waals surface area contributed by atoms with E-state index in [2.05, 4.69) is 0 Å². The van der Waals surface area contributed by atoms with Gasteiger partial charge in [-0.3, -0.25) is 0 Å². The van der Waals surface area contributed by atoms with Gasteiger partial charge in [0.05, 0.1) is 0 Å². The Labute approximate surface area is 85.7 Å². The third kappa shape index (κ3) is 5.73. The van der Waals surface area contributed by atoms with Crippen LogP contribution in [0.4, 0.5) is 0 Å². The molecule has 1 aromatic carbocycles. The molecular formula is C7H10BrNO5. The van der Waals surface area contributed by atoms with Crippen molar-refractivity contribution in [2.45, 2.75) is 6.54 Å². The number of halogens is 1. The van der Waals surface area contributed by atoms with Crippen molar-refractivity contribution in [3.05, 3.63) is 23.8 Å². The SMILES string of the molecule is NCc1ccc(O)c(O)c1.[O-][Br+2]([O-])O. The number of nitrogens with two attached hydrogens (primary N) is 1. The maximum atomic E-state index is 8.93. The van der Waals surface area contributed by atoms with Gasteiger partial charge in [-0.15, -0.1) is 0 Å². The molecule has 0 bridgehead atoms. The molecule has 80 valence electrons. The Balaban J connectivity index is 0.000000364. The number of phenolic OH excluding ortho intramolecular Hbond substituents is 2. The number of hydrogen-bond donors (Lipinski definition) is 4. The first-order chi connectivity index (χ1) is 6.47. The molecule has 1 rings (SSSR count). The quantitative estimate of drug-likeness (QED) is 0.420. The first-order valence-electron chi connectivity index (χ1n) is 3.42. The Morgan fingerprint density at radius 1 is 1.21 bits per heavy atom. The minimum atomic E-state index is -3.40. The molecule has 0 saturated carbocycles. The molecule has 0 amide bonds. The van der Waals surface area contributed by atoms with Crippen LogP contribution >= 0.6 is 0 Å². The molecule has 0 spiro atoms. The lowest BCUT2D eigenvalue weighted by molar-refractivity contribution is -1.63. The van der Waals surface area contributed by atoms with Crippen LogP contribution in [0, 0.1) is 14.8 Å². The van der Waals surface area contributed by atoms with E-state index in [1.807, 2.05) is 0 Å². The number of aromatic hydroxyl groups is 2. The lowest BCUT2D eigenvalue weighted by Crippen LogP contribution is -2.30. The number of rotatable bonds is 1. The van der Waals surface area contributed by atoms with Crippen molar-refractivity contribution in [1.82, 2.24) is 0 Å². The molecular weight excluding hydrogens is 258 g/mol. The average molecular weight is 268 g/mol. The summed E-state index contributed by atoms with van der Waals surface area (Å²) in [6, 6.07) is 4.52. The van der Waals surface area contributed by atoms with Crippen molar-refractivity contribution in [2.24, 2.45) is 5.73 Å². The summed E-state index contributed by atoms with van der Waals surface area (Å²) in [5.41, 5.74) is 6.08. The summed E-state index contributed by atoms with van der Waals surface area (Å²) in [7, 11) is 0. The van der Waals surface area contributed by atoms with Crippen LogP contribution in [0.3, 0.4) is 0 Å². The van der Waals surface area contributed by atoms with Gasteiger partial charge in [-0.05, 0) is 21.9 Å². The summed E-state index contributed by atoms with van der Waals surface area (Å²) in [5.74, 6) is -0.236. The van der Waals surface area contributed by atoms with Gasteiger partial charge in [-0.1, -0.05) is 6.07 Å². The lowest BCUT2D eigenvalue weighted by atomic mass is 10.2. The van der Waals surface area contributed by atoms with E-state index < -0.39 is 14.8 Å². The summed E-state index contributed by atoms with van der Waals surface area (Å²) in [6.07, 6.45) is 0.